The largest absolute Gasteiger partial charge is 0.338 e. The molecule has 1 amide bonds. The minimum Gasteiger partial charge on any atom is -0.338 e. The van der Waals surface area contributed by atoms with E-state index in [-0.39, 0.29) is 5.91 Å². The van der Waals surface area contributed by atoms with Crippen LogP contribution in [0.25, 0.3) is 11.1 Å². The fourth-order valence-electron chi connectivity index (χ4n) is 5.23. The fourth-order valence-corrected chi connectivity index (χ4v) is 5.23. The molecule has 3 atom stereocenters. The number of hydrogen-bond acceptors (Lipinski definition) is 3. The number of fused-ring (bicyclic) bond motifs is 1. The molecule has 0 saturated carbocycles. The van der Waals surface area contributed by atoms with Crippen LogP contribution >= 0.6 is 0 Å². The van der Waals surface area contributed by atoms with Crippen LogP contribution in [-0.2, 0) is 0 Å². The predicted molar refractivity (Wildman–Crippen MR) is 113 cm³/mol. The third-order valence-corrected chi connectivity index (χ3v) is 6.63. The minimum absolute atomic E-state index is 0.135. The fraction of sp³-hybridized carbons (Fsp3) is 0.333. The van der Waals surface area contributed by atoms with Gasteiger partial charge in [0, 0.05) is 48.9 Å². The third kappa shape index (κ3) is 3.15. The Balaban J connectivity index is 1.38. The van der Waals surface area contributed by atoms with Gasteiger partial charge in [0.25, 0.3) is 5.91 Å². The highest BCUT2D eigenvalue weighted by molar-refractivity contribution is 5.95. The average molecular weight is 386 g/mol. The summed E-state index contributed by atoms with van der Waals surface area (Å²) in [5.74, 6) is 1.16. The van der Waals surface area contributed by atoms with Crippen LogP contribution in [0.4, 0.5) is 0 Å². The summed E-state index contributed by atoms with van der Waals surface area (Å²) in [5.41, 5.74) is 5.51. The Morgan fingerprint density at radius 2 is 1.93 bits per heavy atom. The Bertz CT molecular complexity index is 1030. The molecule has 1 aromatic heterocycles. The zero-order chi connectivity index (χ0) is 20.0. The molecule has 5 heteroatoms. The van der Waals surface area contributed by atoms with Crippen molar-refractivity contribution in [3.63, 3.8) is 0 Å². The molecule has 148 valence electrons. The van der Waals surface area contributed by atoms with Gasteiger partial charge in [-0.05, 0) is 48.7 Å². The molecule has 29 heavy (non-hydrogen) atoms. The summed E-state index contributed by atoms with van der Waals surface area (Å²) in [5, 5.41) is 6.85. The maximum absolute atomic E-state index is 13.3. The first-order valence-corrected chi connectivity index (χ1v) is 10.3. The Morgan fingerprint density at radius 1 is 1.07 bits per heavy atom. The third-order valence-electron chi connectivity index (χ3n) is 6.63. The molecular formula is C24H26N4O. The van der Waals surface area contributed by atoms with Crippen molar-refractivity contribution in [2.24, 2.45) is 11.8 Å². The number of amides is 1. The van der Waals surface area contributed by atoms with E-state index in [2.05, 4.69) is 58.2 Å². The highest BCUT2D eigenvalue weighted by Gasteiger charge is 2.47. The number of carbonyl (C=O) groups excluding carboxylic acids is 1. The second-order valence-electron chi connectivity index (χ2n) is 8.44. The van der Waals surface area contributed by atoms with Crippen LogP contribution in [-0.4, -0.2) is 52.6 Å². The van der Waals surface area contributed by atoms with Gasteiger partial charge in [-0.25, -0.2) is 0 Å². The van der Waals surface area contributed by atoms with Gasteiger partial charge in [-0.15, -0.1) is 0 Å². The molecule has 3 aromatic rings. The van der Waals surface area contributed by atoms with Gasteiger partial charge in [0.05, 0.1) is 6.20 Å². The second kappa shape index (κ2) is 7.16. The van der Waals surface area contributed by atoms with Gasteiger partial charge in [0.15, 0.2) is 0 Å². The van der Waals surface area contributed by atoms with Crippen molar-refractivity contribution in [2.75, 3.05) is 26.7 Å². The Kier molecular flexibility index (Phi) is 4.47. The number of benzene rings is 2. The number of aromatic amines is 1. The molecule has 2 aliphatic rings. The topological polar surface area (TPSA) is 52.2 Å². The number of likely N-dealkylation sites (tertiary alicyclic amines) is 2. The van der Waals surface area contributed by atoms with Crippen molar-refractivity contribution < 1.29 is 4.79 Å². The number of hydrogen-bond donors (Lipinski definition) is 1. The van der Waals surface area contributed by atoms with E-state index >= 15 is 0 Å². The lowest BCUT2D eigenvalue weighted by Gasteiger charge is -2.28. The molecule has 0 spiro atoms. The zero-order valence-electron chi connectivity index (χ0n) is 16.9. The average Bonchev–Trinajstić information content (AvgIpc) is 3.45. The van der Waals surface area contributed by atoms with Gasteiger partial charge < -0.3 is 4.90 Å². The Hall–Kier alpha value is -2.92. The summed E-state index contributed by atoms with van der Waals surface area (Å²) >= 11 is 0. The molecule has 3 heterocycles. The van der Waals surface area contributed by atoms with Crippen LogP contribution < -0.4 is 0 Å². The normalized spacial score (nSPS) is 24.1. The van der Waals surface area contributed by atoms with E-state index in [9.17, 15) is 4.79 Å². The lowest BCUT2D eigenvalue weighted by molar-refractivity contribution is 0.0768. The molecule has 5 nitrogen and oxygen atoms in total. The summed E-state index contributed by atoms with van der Waals surface area (Å²) in [6.07, 6.45) is 3.64. The first kappa shape index (κ1) is 18.1. The van der Waals surface area contributed by atoms with Crippen LogP contribution in [0, 0.1) is 18.8 Å². The van der Waals surface area contributed by atoms with Gasteiger partial charge in [0.2, 0.25) is 0 Å². The number of aromatic nitrogens is 2. The molecule has 2 aliphatic heterocycles. The van der Waals surface area contributed by atoms with Crippen LogP contribution in [0.3, 0.4) is 0 Å². The number of carbonyl (C=O) groups is 1. The van der Waals surface area contributed by atoms with E-state index in [1.165, 1.54) is 11.1 Å². The number of rotatable bonds is 3. The van der Waals surface area contributed by atoms with Crippen LogP contribution in [0.1, 0.15) is 27.5 Å². The lowest BCUT2D eigenvalue weighted by atomic mass is 9.88. The van der Waals surface area contributed by atoms with Crippen LogP contribution in [0.15, 0.2) is 60.9 Å². The predicted octanol–water partition coefficient (Wildman–Crippen LogP) is 3.76. The van der Waals surface area contributed by atoms with Gasteiger partial charge in [-0.3, -0.25) is 14.8 Å². The van der Waals surface area contributed by atoms with Crippen molar-refractivity contribution in [2.45, 2.75) is 13.0 Å². The number of nitrogens with one attached hydrogen (secondary N) is 1. The first-order valence-electron chi connectivity index (χ1n) is 10.3. The maximum Gasteiger partial charge on any atom is 0.253 e. The summed E-state index contributed by atoms with van der Waals surface area (Å²) in [6, 6.07) is 16.9. The smallest absolute Gasteiger partial charge is 0.253 e. The molecule has 0 radical (unpaired) electrons. The highest BCUT2D eigenvalue weighted by Crippen LogP contribution is 2.45. The Labute approximate surface area is 171 Å². The minimum atomic E-state index is 0.135. The van der Waals surface area contributed by atoms with Crippen molar-refractivity contribution in [1.29, 1.82) is 0 Å². The van der Waals surface area contributed by atoms with E-state index in [0.29, 0.717) is 17.9 Å². The van der Waals surface area contributed by atoms with Crippen molar-refractivity contribution >= 4 is 5.91 Å². The maximum atomic E-state index is 13.3. The first-order chi connectivity index (χ1) is 14.1. The molecule has 2 fully saturated rings. The van der Waals surface area contributed by atoms with Crippen LogP contribution in [0.5, 0.6) is 0 Å². The van der Waals surface area contributed by atoms with Gasteiger partial charge >= 0.3 is 0 Å². The van der Waals surface area contributed by atoms with E-state index in [1.807, 2.05) is 30.5 Å². The molecule has 2 saturated heterocycles. The summed E-state index contributed by atoms with van der Waals surface area (Å²) < 4.78 is 0. The SMILES string of the molecule is Cc1ccccc1[C@H]1[C@@H]2CN(C(=O)c3cccc(-c4cn[nH]c4)c3)C[C@@H]2CN1C. The van der Waals surface area contributed by atoms with E-state index in [4.69, 9.17) is 0 Å². The molecular weight excluding hydrogens is 360 g/mol. The quantitative estimate of drug-likeness (QED) is 0.746. The highest BCUT2D eigenvalue weighted by atomic mass is 16.2. The molecule has 2 aromatic carbocycles. The standard InChI is InChI=1S/C24H26N4O/c1-16-6-3-4-9-21(16)23-22-15-28(14-20(22)13-27(23)2)24(29)18-8-5-7-17(10-18)19-11-25-26-12-19/h3-12,20,22-23H,13-15H2,1-2H3,(H,25,26)/t20-,22+,23-/m0/s1. The van der Waals surface area contributed by atoms with Crippen molar-refractivity contribution in [3.8, 4) is 11.1 Å². The van der Waals surface area contributed by atoms with Crippen LogP contribution in [0.2, 0.25) is 0 Å². The second-order valence-corrected chi connectivity index (χ2v) is 8.44. The lowest BCUT2D eigenvalue weighted by Crippen LogP contribution is -2.33. The number of nitrogens with zero attached hydrogens (tertiary/aromatic N) is 3. The van der Waals surface area contributed by atoms with Crippen molar-refractivity contribution in [1.82, 2.24) is 20.0 Å². The summed E-state index contributed by atoms with van der Waals surface area (Å²) in [7, 11) is 2.22. The van der Waals surface area contributed by atoms with E-state index < -0.39 is 0 Å². The molecule has 1 N–H and O–H groups in total. The molecule has 0 aliphatic carbocycles. The van der Waals surface area contributed by atoms with E-state index in [0.717, 1.165) is 36.3 Å². The number of aryl methyl sites for hydroxylation is 1. The summed E-state index contributed by atoms with van der Waals surface area (Å²) in [6.45, 7) is 4.90. The molecule has 0 bridgehead atoms. The zero-order valence-corrected chi connectivity index (χ0v) is 16.9. The van der Waals surface area contributed by atoms with Gasteiger partial charge in [0.1, 0.15) is 0 Å². The monoisotopic (exact) mass is 386 g/mol. The molecule has 0 unspecified atom stereocenters. The number of H-pyrrole nitrogens is 1. The molecule has 5 rings (SSSR count). The summed E-state index contributed by atoms with van der Waals surface area (Å²) in [4.78, 5) is 17.8. The van der Waals surface area contributed by atoms with Gasteiger partial charge in [-0.2, -0.15) is 5.10 Å². The van der Waals surface area contributed by atoms with Gasteiger partial charge in [-0.1, -0.05) is 36.4 Å². The Morgan fingerprint density at radius 3 is 2.72 bits per heavy atom. The van der Waals surface area contributed by atoms with E-state index in [1.54, 1.807) is 6.20 Å². The van der Waals surface area contributed by atoms with Crippen molar-refractivity contribution in [3.05, 3.63) is 77.6 Å².